The Morgan fingerprint density at radius 1 is 0.860 bits per heavy atom. The first-order chi connectivity index (χ1) is 20.5. The topological polar surface area (TPSA) is 132 Å². The van der Waals surface area contributed by atoms with Gasteiger partial charge < -0.3 is 20.9 Å². The van der Waals surface area contributed by atoms with E-state index in [9.17, 15) is 22.8 Å². The lowest BCUT2D eigenvalue weighted by molar-refractivity contribution is -0.192. The molecule has 4 aromatic carbocycles. The molecule has 0 saturated carbocycles. The Balaban J connectivity index is 0.000000541. The molecule has 0 saturated heterocycles. The number of hydrogen-bond acceptors (Lipinski definition) is 7. The Morgan fingerprint density at radius 3 is 2.02 bits per heavy atom. The quantitative estimate of drug-likeness (QED) is 0.171. The third-order valence-electron chi connectivity index (χ3n) is 5.93. The zero-order chi connectivity index (χ0) is 31.0. The lowest BCUT2D eigenvalue weighted by Crippen LogP contribution is -2.34. The maximum Gasteiger partial charge on any atom is 0.490 e. The lowest BCUT2D eigenvalue weighted by Gasteiger charge is -2.18. The number of aromatic nitrogens is 1. The predicted molar refractivity (Wildman–Crippen MR) is 155 cm³/mol. The number of fused-ring (bicyclic) bond motifs is 1. The van der Waals surface area contributed by atoms with Gasteiger partial charge in [0.1, 0.15) is 17.5 Å². The summed E-state index contributed by atoms with van der Waals surface area (Å²) in [6.07, 6.45) is -5.08. The minimum absolute atomic E-state index is 0.269. The number of hydrogen-bond donors (Lipinski definition) is 3. The predicted octanol–water partition coefficient (Wildman–Crippen LogP) is 6.53. The highest BCUT2D eigenvalue weighted by Crippen LogP contribution is 2.27. The number of carboxylic acid groups (broad SMARTS) is 1. The third kappa shape index (κ3) is 8.24. The summed E-state index contributed by atoms with van der Waals surface area (Å²) in [5.41, 5.74) is 8.49. The van der Waals surface area contributed by atoms with Crippen molar-refractivity contribution in [2.45, 2.75) is 18.8 Å². The van der Waals surface area contributed by atoms with Crippen LogP contribution >= 0.6 is 11.3 Å². The van der Waals surface area contributed by atoms with Crippen LogP contribution in [-0.2, 0) is 11.3 Å². The molecule has 1 amide bonds. The molecule has 5 aromatic rings. The number of ketones is 1. The first-order valence-corrected chi connectivity index (χ1v) is 13.5. The van der Waals surface area contributed by atoms with E-state index in [0.717, 1.165) is 15.8 Å². The van der Waals surface area contributed by atoms with E-state index in [2.05, 4.69) is 10.3 Å². The van der Waals surface area contributed by atoms with Crippen LogP contribution in [0.3, 0.4) is 0 Å². The summed E-state index contributed by atoms with van der Waals surface area (Å²) >= 11 is 1.31. The van der Waals surface area contributed by atoms with Gasteiger partial charge in [-0.05, 0) is 59.7 Å². The van der Waals surface area contributed by atoms with E-state index >= 15 is 0 Å². The number of aliphatic carboxylic acids is 1. The second-order valence-electron chi connectivity index (χ2n) is 8.95. The summed E-state index contributed by atoms with van der Waals surface area (Å²) < 4.78 is 38.5. The summed E-state index contributed by atoms with van der Waals surface area (Å²) in [4.78, 5) is 40.2. The van der Waals surface area contributed by atoms with Gasteiger partial charge in [0.05, 0.1) is 10.2 Å². The first-order valence-electron chi connectivity index (χ1n) is 12.7. The molecule has 220 valence electrons. The lowest BCUT2D eigenvalue weighted by atomic mass is 10.0. The monoisotopic (exact) mass is 607 g/mol. The van der Waals surface area contributed by atoms with Crippen LogP contribution in [0.1, 0.15) is 37.3 Å². The Labute approximate surface area is 247 Å². The van der Waals surface area contributed by atoms with Crippen LogP contribution < -0.4 is 15.8 Å². The van der Waals surface area contributed by atoms with Crippen molar-refractivity contribution in [3.8, 4) is 11.5 Å². The van der Waals surface area contributed by atoms with Gasteiger partial charge in [0.2, 0.25) is 5.78 Å². The number of amides is 1. The van der Waals surface area contributed by atoms with Gasteiger partial charge in [0, 0.05) is 12.1 Å². The minimum Gasteiger partial charge on any atom is -0.475 e. The average Bonchev–Trinajstić information content (AvgIpc) is 3.45. The number of para-hydroxylation sites is 2. The van der Waals surface area contributed by atoms with Crippen molar-refractivity contribution in [3.63, 3.8) is 0 Å². The summed E-state index contributed by atoms with van der Waals surface area (Å²) in [5.74, 6) is -2.08. The van der Waals surface area contributed by atoms with Crippen molar-refractivity contribution < 1.29 is 37.4 Å². The maximum atomic E-state index is 13.6. The maximum absolute atomic E-state index is 13.6. The van der Waals surface area contributed by atoms with Crippen molar-refractivity contribution in [1.82, 2.24) is 10.3 Å². The van der Waals surface area contributed by atoms with Crippen LogP contribution in [0.25, 0.3) is 10.2 Å². The van der Waals surface area contributed by atoms with Gasteiger partial charge in [0.15, 0.2) is 5.01 Å². The fourth-order valence-corrected chi connectivity index (χ4v) is 4.70. The number of carbonyl (C=O) groups is 3. The second kappa shape index (κ2) is 13.7. The molecule has 0 radical (unpaired) electrons. The number of nitrogens with two attached hydrogens (primary N) is 1. The van der Waals surface area contributed by atoms with Crippen molar-refractivity contribution >= 4 is 39.2 Å². The van der Waals surface area contributed by atoms with Crippen LogP contribution in [0.2, 0.25) is 0 Å². The van der Waals surface area contributed by atoms with Gasteiger partial charge in [-0.1, -0.05) is 54.6 Å². The van der Waals surface area contributed by atoms with E-state index in [-0.39, 0.29) is 11.7 Å². The molecule has 8 nitrogen and oxygen atoms in total. The van der Waals surface area contributed by atoms with E-state index in [1.54, 1.807) is 24.3 Å². The highest BCUT2D eigenvalue weighted by Gasteiger charge is 2.38. The molecule has 1 unspecified atom stereocenters. The van der Waals surface area contributed by atoms with Crippen LogP contribution in [-0.4, -0.2) is 33.9 Å². The minimum atomic E-state index is -5.08. The molecule has 12 heteroatoms. The molecule has 0 aliphatic heterocycles. The van der Waals surface area contributed by atoms with Gasteiger partial charge in [-0.15, -0.1) is 11.3 Å². The Morgan fingerprint density at radius 2 is 1.44 bits per heavy atom. The van der Waals surface area contributed by atoms with Gasteiger partial charge in [-0.3, -0.25) is 9.59 Å². The number of carbonyl (C=O) groups excluding carboxylic acids is 2. The molecule has 1 heterocycles. The van der Waals surface area contributed by atoms with E-state index < -0.39 is 18.2 Å². The summed E-state index contributed by atoms with van der Waals surface area (Å²) in [5, 5.41) is 10.4. The van der Waals surface area contributed by atoms with E-state index in [1.807, 2.05) is 78.9 Å². The van der Waals surface area contributed by atoms with E-state index in [4.69, 9.17) is 20.4 Å². The Bertz CT molecular complexity index is 1670. The van der Waals surface area contributed by atoms with Crippen molar-refractivity contribution in [3.05, 3.63) is 125 Å². The van der Waals surface area contributed by atoms with Crippen molar-refractivity contribution in [2.75, 3.05) is 0 Å². The SMILES string of the molecule is NCc1ccc(C(NC(=O)c2ccc(Oc3ccccc3)cc2)C(=O)c2nc3ccccc3s2)cc1.O=C(O)C(F)(F)F. The number of carboxylic acids is 1. The fourth-order valence-electron chi connectivity index (χ4n) is 3.76. The van der Waals surface area contributed by atoms with Crippen LogP contribution in [0, 0.1) is 0 Å². The van der Waals surface area contributed by atoms with Gasteiger partial charge in [-0.25, -0.2) is 9.78 Å². The number of halogens is 3. The molecule has 0 aliphatic carbocycles. The molecule has 4 N–H and O–H groups in total. The van der Waals surface area contributed by atoms with Gasteiger partial charge in [0.25, 0.3) is 5.91 Å². The first kappa shape index (κ1) is 30.9. The molecule has 0 aliphatic rings. The van der Waals surface area contributed by atoms with E-state index in [1.165, 1.54) is 11.3 Å². The number of alkyl halides is 3. The van der Waals surface area contributed by atoms with Crippen LogP contribution in [0.4, 0.5) is 13.2 Å². The number of Topliss-reactive ketones (excluding diaryl/α,β-unsaturated/α-hetero) is 1. The highest BCUT2D eigenvalue weighted by molar-refractivity contribution is 7.20. The normalized spacial score (nSPS) is 11.6. The number of ether oxygens (including phenoxy) is 1. The third-order valence-corrected chi connectivity index (χ3v) is 6.98. The molecule has 0 fully saturated rings. The molecule has 0 bridgehead atoms. The van der Waals surface area contributed by atoms with Crippen LogP contribution in [0.15, 0.2) is 103 Å². The highest BCUT2D eigenvalue weighted by atomic mass is 32.1. The molecule has 5 rings (SSSR count). The standard InChI is InChI=1S/C29H23N3O3S.C2HF3O2/c30-18-19-10-12-20(13-11-19)26(27(33)29-31-24-8-4-5-9-25(24)36-29)32-28(34)21-14-16-23(17-15-21)35-22-6-2-1-3-7-22;3-2(4,5)1(6)7/h1-17,26H,18,30H2,(H,32,34);(H,6,7). The number of thiazole rings is 1. The second-order valence-corrected chi connectivity index (χ2v) is 9.98. The molecule has 43 heavy (non-hydrogen) atoms. The summed E-state index contributed by atoms with van der Waals surface area (Å²) in [7, 11) is 0. The molecular weight excluding hydrogens is 583 g/mol. The average molecular weight is 608 g/mol. The number of benzene rings is 4. The fraction of sp³-hybridized carbons (Fsp3) is 0.0968. The molecule has 1 atom stereocenters. The molecular formula is C31H24F3N3O5S. The largest absolute Gasteiger partial charge is 0.490 e. The zero-order valence-electron chi connectivity index (χ0n) is 22.2. The zero-order valence-corrected chi connectivity index (χ0v) is 23.1. The van der Waals surface area contributed by atoms with Crippen molar-refractivity contribution in [1.29, 1.82) is 0 Å². The molecule has 1 aromatic heterocycles. The summed E-state index contributed by atoms with van der Waals surface area (Å²) in [6.45, 7) is 0.389. The van der Waals surface area contributed by atoms with Crippen LogP contribution in [0.5, 0.6) is 11.5 Å². The smallest absolute Gasteiger partial charge is 0.475 e. The molecule has 0 spiro atoms. The number of rotatable bonds is 8. The Hall–Kier alpha value is -5.07. The Kier molecular flexibility index (Phi) is 9.86. The number of nitrogens with zero attached hydrogens (tertiary/aromatic N) is 1. The van der Waals surface area contributed by atoms with Crippen molar-refractivity contribution in [2.24, 2.45) is 5.73 Å². The summed E-state index contributed by atoms with van der Waals surface area (Å²) in [6, 6.07) is 30.2. The van der Waals surface area contributed by atoms with Gasteiger partial charge in [-0.2, -0.15) is 13.2 Å². The number of nitrogens with one attached hydrogen (secondary N) is 1. The van der Waals surface area contributed by atoms with E-state index in [0.29, 0.717) is 34.2 Å². The van der Waals surface area contributed by atoms with Gasteiger partial charge >= 0.3 is 12.1 Å².